The molecule has 0 radical (unpaired) electrons. The van der Waals surface area contributed by atoms with Gasteiger partial charge in [-0.2, -0.15) is 10.1 Å². The Kier molecular flexibility index (Phi) is 5.50. The van der Waals surface area contributed by atoms with E-state index in [1.165, 1.54) is 9.89 Å². The number of allylic oxidation sites excluding steroid dienone is 4. The Morgan fingerprint density at radius 3 is 2.65 bits per heavy atom. The van der Waals surface area contributed by atoms with E-state index in [1.807, 2.05) is 44.2 Å². The minimum atomic E-state index is -0.0894. The number of carbonyl (C=O) groups is 1. The molecule has 0 unspecified atom stereocenters. The third-order valence-corrected chi connectivity index (χ3v) is 4.54. The van der Waals surface area contributed by atoms with Gasteiger partial charge in [0.15, 0.2) is 0 Å². The van der Waals surface area contributed by atoms with Gasteiger partial charge in [-0.3, -0.25) is 4.79 Å². The van der Waals surface area contributed by atoms with Crippen molar-refractivity contribution >= 4 is 29.0 Å². The van der Waals surface area contributed by atoms with Gasteiger partial charge in [-0.1, -0.05) is 31.2 Å². The highest BCUT2D eigenvalue weighted by molar-refractivity contribution is 7.12. The monoisotopic (exact) mass is 326 g/mol. The summed E-state index contributed by atoms with van der Waals surface area (Å²) in [5.41, 5.74) is 3.16. The molecule has 0 bridgehead atoms. The van der Waals surface area contributed by atoms with E-state index in [4.69, 9.17) is 0 Å². The molecule has 0 aliphatic carbocycles. The fourth-order valence-electron chi connectivity index (χ4n) is 2.14. The minimum Gasteiger partial charge on any atom is -0.267 e. The summed E-state index contributed by atoms with van der Waals surface area (Å²) >= 11 is 1.67. The van der Waals surface area contributed by atoms with Crippen molar-refractivity contribution < 1.29 is 4.79 Å². The number of nitrogens with zero attached hydrogens (tertiary/aromatic N) is 2. The van der Waals surface area contributed by atoms with Crippen LogP contribution in [0.3, 0.4) is 0 Å². The largest absolute Gasteiger partial charge is 0.280 e. The molecule has 2 heterocycles. The first-order valence-electron chi connectivity index (χ1n) is 7.66. The number of aryl methyl sites for hydroxylation is 1. The number of hydrogen-bond donors (Lipinski definition) is 0. The predicted octanol–water partition coefficient (Wildman–Crippen LogP) is 5.08. The molecule has 0 atom stereocenters. The maximum Gasteiger partial charge on any atom is 0.280 e. The number of hydrazone groups is 1. The SMILES string of the molecule is C=C(/C=C/C(=C\C)N1N=C(C)/C(=C\c2ccc(C)s2)C1=O)CC. The van der Waals surface area contributed by atoms with E-state index in [0.717, 1.165) is 28.3 Å². The van der Waals surface area contributed by atoms with Crippen LogP contribution in [0.4, 0.5) is 0 Å². The van der Waals surface area contributed by atoms with E-state index in [-0.39, 0.29) is 5.91 Å². The molecule has 1 aliphatic heterocycles. The van der Waals surface area contributed by atoms with Crippen molar-refractivity contribution in [3.8, 4) is 0 Å². The van der Waals surface area contributed by atoms with E-state index < -0.39 is 0 Å². The molecular formula is C19H22N2OS. The number of amides is 1. The van der Waals surface area contributed by atoms with Crippen molar-refractivity contribution in [2.75, 3.05) is 0 Å². The average molecular weight is 326 g/mol. The van der Waals surface area contributed by atoms with Crippen LogP contribution in [0.1, 0.15) is 36.9 Å². The lowest BCUT2D eigenvalue weighted by Gasteiger charge is -2.12. The third-order valence-electron chi connectivity index (χ3n) is 3.59. The van der Waals surface area contributed by atoms with Crippen LogP contribution < -0.4 is 0 Å². The molecule has 2 rings (SSSR count). The van der Waals surface area contributed by atoms with Crippen LogP contribution in [-0.4, -0.2) is 16.6 Å². The van der Waals surface area contributed by atoms with E-state index in [2.05, 4.69) is 31.6 Å². The van der Waals surface area contributed by atoms with Crippen LogP contribution in [0.15, 0.2) is 58.9 Å². The number of rotatable bonds is 5. The highest BCUT2D eigenvalue weighted by Crippen LogP contribution is 2.25. The van der Waals surface area contributed by atoms with Gasteiger partial charge in [-0.25, -0.2) is 0 Å². The summed E-state index contributed by atoms with van der Waals surface area (Å²) in [6.07, 6.45) is 8.50. The van der Waals surface area contributed by atoms with Gasteiger partial charge in [0.1, 0.15) is 0 Å². The number of hydrogen-bond acceptors (Lipinski definition) is 3. The number of thiophene rings is 1. The van der Waals surface area contributed by atoms with Gasteiger partial charge >= 0.3 is 0 Å². The molecular weight excluding hydrogens is 304 g/mol. The van der Waals surface area contributed by atoms with Crippen molar-refractivity contribution in [1.29, 1.82) is 0 Å². The summed E-state index contributed by atoms with van der Waals surface area (Å²) in [6, 6.07) is 4.08. The zero-order chi connectivity index (χ0) is 17.0. The van der Waals surface area contributed by atoms with Crippen molar-refractivity contribution in [1.82, 2.24) is 5.01 Å². The Bertz CT molecular complexity index is 747. The summed E-state index contributed by atoms with van der Waals surface area (Å²) < 4.78 is 0. The molecule has 120 valence electrons. The highest BCUT2D eigenvalue weighted by Gasteiger charge is 2.29. The molecule has 0 N–H and O–H groups in total. The van der Waals surface area contributed by atoms with Gasteiger partial charge in [0, 0.05) is 9.75 Å². The molecule has 0 aromatic carbocycles. The maximum absolute atomic E-state index is 12.7. The van der Waals surface area contributed by atoms with E-state index in [1.54, 1.807) is 11.3 Å². The zero-order valence-corrected chi connectivity index (χ0v) is 14.9. The Balaban J connectivity index is 2.27. The predicted molar refractivity (Wildman–Crippen MR) is 99.3 cm³/mol. The van der Waals surface area contributed by atoms with Gasteiger partial charge < -0.3 is 0 Å². The standard InChI is InChI=1S/C19H22N2OS/c1-6-13(3)8-10-16(7-2)21-19(22)18(15(5)20-21)12-17-11-9-14(4)23-17/h7-12H,3,6H2,1-2,4-5H3/b10-8+,16-7+,18-12+. The maximum atomic E-state index is 12.7. The molecule has 0 spiro atoms. The molecule has 0 saturated heterocycles. The van der Waals surface area contributed by atoms with E-state index in [9.17, 15) is 4.79 Å². The second kappa shape index (κ2) is 7.38. The Morgan fingerprint density at radius 1 is 1.35 bits per heavy atom. The Labute approximate surface area is 142 Å². The number of carbonyl (C=O) groups excluding carboxylic acids is 1. The topological polar surface area (TPSA) is 32.7 Å². The zero-order valence-electron chi connectivity index (χ0n) is 14.1. The summed E-state index contributed by atoms with van der Waals surface area (Å²) in [4.78, 5) is 15.0. The molecule has 1 aliphatic rings. The highest BCUT2D eigenvalue weighted by atomic mass is 32.1. The van der Waals surface area contributed by atoms with Crippen LogP contribution in [0.25, 0.3) is 6.08 Å². The Morgan fingerprint density at radius 2 is 2.09 bits per heavy atom. The van der Waals surface area contributed by atoms with Gasteiger partial charge in [-0.05, 0) is 51.5 Å². The quantitative estimate of drug-likeness (QED) is 0.548. The third kappa shape index (κ3) is 3.96. The van der Waals surface area contributed by atoms with Gasteiger partial charge in [0.05, 0.1) is 17.0 Å². The second-order valence-corrected chi connectivity index (χ2v) is 6.69. The average Bonchev–Trinajstić information content (AvgIpc) is 3.06. The van der Waals surface area contributed by atoms with Gasteiger partial charge in [0.25, 0.3) is 5.91 Å². The first kappa shape index (κ1) is 17.2. The van der Waals surface area contributed by atoms with Gasteiger partial charge in [-0.15, -0.1) is 11.3 Å². The van der Waals surface area contributed by atoms with Crippen molar-refractivity contribution in [2.45, 2.75) is 34.1 Å². The smallest absolute Gasteiger partial charge is 0.267 e. The molecule has 4 heteroatoms. The summed E-state index contributed by atoms with van der Waals surface area (Å²) in [7, 11) is 0. The fourth-order valence-corrected chi connectivity index (χ4v) is 2.96. The second-order valence-electron chi connectivity index (χ2n) is 5.37. The summed E-state index contributed by atoms with van der Waals surface area (Å²) in [5.74, 6) is -0.0894. The fraction of sp³-hybridized carbons (Fsp3) is 0.263. The van der Waals surface area contributed by atoms with E-state index >= 15 is 0 Å². The molecule has 23 heavy (non-hydrogen) atoms. The molecule has 3 nitrogen and oxygen atoms in total. The van der Waals surface area contributed by atoms with Crippen molar-refractivity contribution in [3.63, 3.8) is 0 Å². The molecule has 1 aromatic heterocycles. The molecule has 1 aromatic rings. The van der Waals surface area contributed by atoms with Crippen molar-refractivity contribution in [2.24, 2.45) is 5.10 Å². The molecule has 0 fully saturated rings. The first-order chi connectivity index (χ1) is 11.0. The van der Waals surface area contributed by atoms with Crippen LogP contribution in [0, 0.1) is 6.92 Å². The summed E-state index contributed by atoms with van der Waals surface area (Å²) in [6.45, 7) is 11.8. The van der Waals surface area contributed by atoms with Crippen LogP contribution in [0.5, 0.6) is 0 Å². The minimum absolute atomic E-state index is 0.0894. The lowest BCUT2D eigenvalue weighted by molar-refractivity contribution is -0.123. The van der Waals surface area contributed by atoms with E-state index in [0.29, 0.717) is 5.57 Å². The first-order valence-corrected chi connectivity index (χ1v) is 8.48. The van der Waals surface area contributed by atoms with Crippen molar-refractivity contribution in [3.05, 3.63) is 63.5 Å². The molecule has 0 saturated carbocycles. The van der Waals surface area contributed by atoms with Crippen LogP contribution >= 0.6 is 11.3 Å². The summed E-state index contributed by atoms with van der Waals surface area (Å²) in [5, 5.41) is 5.88. The lowest BCUT2D eigenvalue weighted by Crippen LogP contribution is -2.20. The normalized spacial score (nSPS) is 17.5. The lowest BCUT2D eigenvalue weighted by atomic mass is 10.1. The Hall–Kier alpha value is -2.20. The molecule has 1 amide bonds. The van der Waals surface area contributed by atoms with Crippen LogP contribution in [-0.2, 0) is 4.79 Å². The van der Waals surface area contributed by atoms with Gasteiger partial charge in [0.2, 0.25) is 0 Å². The van der Waals surface area contributed by atoms with Crippen LogP contribution in [0.2, 0.25) is 0 Å².